The van der Waals surface area contributed by atoms with E-state index < -0.39 is 0 Å². The summed E-state index contributed by atoms with van der Waals surface area (Å²) < 4.78 is 1.81. The Kier molecular flexibility index (Phi) is 5.77. The lowest BCUT2D eigenvalue weighted by atomic mass is 10.1. The first-order valence-electron chi connectivity index (χ1n) is 9.50. The fourth-order valence-electron chi connectivity index (χ4n) is 3.08. The van der Waals surface area contributed by atoms with E-state index in [9.17, 15) is 10.2 Å². The number of aromatic hydroxyl groups is 2. The van der Waals surface area contributed by atoms with Gasteiger partial charge in [0.1, 0.15) is 11.5 Å². The van der Waals surface area contributed by atoms with Crippen LogP contribution in [0.5, 0.6) is 11.5 Å². The molecule has 0 aliphatic heterocycles. The molecule has 0 unspecified atom stereocenters. The normalized spacial score (nSPS) is 12.3. The van der Waals surface area contributed by atoms with Crippen LogP contribution in [0.3, 0.4) is 0 Å². The molecule has 0 amide bonds. The number of aromatic nitrogens is 1. The highest BCUT2D eigenvalue weighted by atomic mass is 32.1. The maximum atomic E-state index is 10.2. The molecule has 0 saturated heterocycles. The molecule has 1 aromatic heterocycles. The molecule has 0 aliphatic rings. The fourth-order valence-corrected chi connectivity index (χ4v) is 3.91. The Balaban J connectivity index is 1.82. The van der Waals surface area contributed by atoms with Crippen LogP contribution in [0.25, 0.3) is 11.3 Å². The summed E-state index contributed by atoms with van der Waals surface area (Å²) in [5.41, 5.74) is 4.24. The molecule has 150 valence electrons. The van der Waals surface area contributed by atoms with E-state index in [4.69, 9.17) is 10.1 Å². The number of thiazole rings is 1. The van der Waals surface area contributed by atoms with E-state index >= 15 is 0 Å². The molecule has 6 heteroatoms. The van der Waals surface area contributed by atoms with Gasteiger partial charge in [-0.1, -0.05) is 60.7 Å². The van der Waals surface area contributed by atoms with Gasteiger partial charge in [-0.2, -0.15) is 5.10 Å². The Labute approximate surface area is 178 Å². The summed E-state index contributed by atoms with van der Waals surface area (Å²) in [4.78, 5) is 5.54. The summed E-state index contributed by atoms with van der Waals surface area (Å²) in [5, 5.41) is 26.6. The summed E-state index contributed by atoms with van der Waals surface area (Å²) in [6.07, 6.45) is 0. The van der Waals surface area contributed by atoms with Crippen LogP contribution < -0.4 is 4.80 Å². The Bertz CT molecular complexity index is 1240. The van der Waals surface area contributed by atoms with Gasteiger partial charge in [0.15, 0.2) is 0 Å². The second-order valence-electron chi connectivity index (χ2n) is 6.77. The standard InChI is InChI=1S/C24H21N3O2S/c1-17(21-13-12-20(28)14-23(21)29)26-27-22(19-10-6-3-7-11-19)16-30-24(27)25-15-18-8-4-2-5-9-18/h2-14,16,28-29H,15H2,1H3. The average Bonchev–Trinajstić information content (AvgIpc) is 3.16. The highest BCUT2D eigenvalue weighted by molar-refractivity contribution is 7.07. The molecule has 3 aromatic carbocycles. The first-order valence-corrected chi connectivity index (χ1v) is 10.4. The predicted octanol–water partition coefficient (Wildman–Crippen LogP) is 5.00. The topological polar surface area (TPSA) is 70.1 Å². The zero-order chi connectivity index (χ0) is 20.9. The third-order valence-corrected chi connectivity index (χ3v) is 5.47. The molecule has 0 radical (unpaired) electrons. The lowest BCUT2D eigenvalue weighted by Crippen LogP contribution is -2.14. The van der Waals surface area contributed by atoms with Gasteiger partial charge in [0.2, 0.25) is 4.80 Å². The Morgan fingerprint density at radius 2 is 1.63 bits per heavy atom. The fraction of sp³-hybridized carbons (Fsp3) is 0.0833. The molecule has 0 atom stereocenters. The minimum atomic E-state index is -0.0175. The molecule has 5 nitrogen and oxygen atoms in total. The van der Waals surface area contributed by atoms with E-state index in [0.717, 1.165) is 21.6 Å². The molecule has 30 heavy (non-hydrogen) atoms. The number of hydrogen-bond donors (Lipinski definition) is 2. The van der Waals surface area contributed by atoms with Gasteiger partial charge in [-0.05, 0) is 24.6 Å². The number of phenolic OH excluding ortho intramolecular Hbond substituents is 2. The molecule has 4 aromatic rings. The molecule has 1 heterocycles. The van der Waals surface area contributed by atoms with Crippen molar-refractivity contribution < 1.29 is 10.2 Å². The third kappa shape index (κ3) is 4.34. The van der Waals surface area contributed by atoms with Gasteiger partial charge in [-0.15, -0.1) is 11.3 Å². The van der Waals surface area contributed by atoms with Crippen LogP contribution in [0.4, 0.5) is 0 Å². The van der Waals surface area contributed by atoms with E-state index in [1.54, 1.807) is 6.07 Å². The summed E-state index contributed by atoms with van der Waals surface area (Å²) in [6.45, 7) is 2.38. The highest BCUT2D eigenvalue weighted by Crippen LogP contribution is 2.24. The molecule has 0 saturated carbocycles. The van der Waals surface area contributed by atoms with Crippen LogP contribution in [0.2, 0.25) is 0 Å². The number of hydrogen-bond acceptors (Lipinski definition) is 5. The van der Waals surface area contributed by atoms with Crippen molar-refractivity contribution in [3.8, 4) is 22.8 Å². The zero-order valence-corrected chi connectivity index (χ0v) is 17.3. The van der Waals surface area contributed by atoms with Gasteiger partial charge < -0.3 is 10.2 Å². The van der Waals surface area contributed by atoms with E-state index in [0.29, 0.717) is 17.8 Å². The van der Waals surface area contributed by atoms with Crippen molar-refractivity contribution in [2.75, 3.05) is 0 Å². The lowest BCUT2D eigenvalue weighted by Gasteiger charge is -2.08. The van der Waals surface area contributed by atoms with Crippen molar-refractivity contribution >= 4 is 17.0 Å². The second kappa shape index (κ2) is 8.80. The lowest BCUT2D eigenvalue weighted by molar-refractivity contribution is 0.450. The van der Waals surface area contributed by atoms with Crippen LogP contribution in [0, 0.1) is 0 Å². The predicted molar refractivity (Wildman–Crippen MR) is 121 cm³/mol. The van der Waals surface area contributed by atoms with E-state index in [1.807, 2.05) is 77.6 Å². The van der Waals surface area contributed by atoms with Crippen LogP contribution in [-0.2, 0) is 6.54 Å². The molecule has 0 fully saturated rings. The van der Waals surface area contributed by atoms with Crippen LogP contribution in [-0.4, -0.2) is 20.6 Å². The molecular formula is C24H21N3O2S. The Hall–Kier alpha value is -3.64. The molecular weight excluding hydrogens is 394 g/mol. The van der Waals surface area contributed by atoms with Gasteiger partial charge in [0.05, 0.1) is 18.0 Å². The Morgan fingerprint density at radius 1 is 0.933 bits per heavy atom. The summed E-state index contributed by atoms with van der Waals surface area (Å²) in [5.74, 6) is -0.00752. The second-order valence-corrected chi connectivity index (χ2v) is 7.61. The van der Waals surface area contributed by atoms with Crippen LogP contribution >= 0.6 is 11.3 Å². The SMILES string of the molecule is CC(=Nn1c(-c2ccccc2)csc1=NCc1ccccc1)c1ccc(O)cc1O. The van der Waals surface area contributed by atoms with Crippen molar-refractivity contribution in [2.24, 2.45) is 10.1 Å². The largest absolute Gasteiger partial charge is 0.508 e. The van der Waals surface area contributed by atoms with Gasteiger partial charge in [-0.3, -0.25) is 4.99 Å². The minimum Gasteiger partial charge on any atom is -0.508 e. The van der Waals surface area contributed by atoms with Gasteiger partial charge >= 0.3 is 0 Å². The van der Waals surface area contributed by atoms with E-state index in [2.05, 4.69) is 0 Å². The smallest absolute Gasteiger partial charge is 0.206 e. The van der Waals surface area contributed by atoms with Crippen molar-refractivity contribution in [2.45, 2.75) is 13.5 Å². The number of rotatable bonds is 5. The van der Waals surface area contributed by atoms with Crippen molar-refractivity contribution in [1.29, 1.82) is 0 Å². The molecule has 0 aliphatic carbocycles. The molecule has 0 bridgehead atoms. The van der Waals surface area contributed by atoms with Gasteiger partial charge in [-0.25, -0.2) is 4.68 Å². The maximum absolute atomic E-state index is 10.2. The third-order valence-electron chi connectivity index (χ3n) is 4.62. The van der Waals surface area contributed by atoms with Crippen molar-refractivity contribution in [3.63, 3.8) is 0 Å². The van der Waals surface area contributed by atoms with E-state index in [-0.39, 0.29) is 11.5 Å². The molecule has 2 N–H and O–H groups in total. The molecule has 0 spiro atoms. The molecule has 4 rings (SSSR count). The first kappa shape index (κ1) is 19.7. The number of nitrogens with zero attached hydrogens (tertiary/aromatic N) is 3. The monoisotopic (exact) mass is 415 g/mol. The number of benzene rings is 3. The van der Waals surface area contributed by atoms with Crippen molar-refractivity contribution in [1.82, 2.24) is 4.68 Å². The maximum Gasteiger partial charge on any atom is 0.206 e. The van der Waals surface area contributed by atoms with E-state index in [1.165, 1.54) is 23.5 Å². The quantitative estimate of drug-likeness (QED) is 0.450. The highest BCUT2D eigenvalue weighted by Gasteiger charge is 2.11. The van der Waals surface area contributed by atoms with Crippen LogP contribution in [0.15, 0.2) is 94.3 Å². The number of phenols is 2. The first-order chi connectivity index (χ1) is 14.6. The van der Waals surface area contributed by atoms with Gasteiger partial charge in [0.25, 0.3) is 0 Å². The van der Waals surface area contributed by atoms with Crippen LogP contribution in [0.1, 0.15) is 18.1 Å². The minimum absolute atomic E-state index is 0.00996. The van der Waals surface area contributed by atoms with Gasteiger partial charge in [0, 0.05) is 22.6 Å². The Morgan fingerprint density at radius 3 is 2.33 bits per heavy atom. The summed E-state index contributed by atoms with van der Waals surface area (Å²) in [6, 6.07) is 24.6. The van der Waals surface area contributed by atoms with Crippen molar-refractivity contribution in [3.05, 3.63) is 100 Å². The summed E-state index contributed by atoms with van der Waals surface area (Å²) >= 11 is 1.52. The summed E-state index contributed by atoms with van der Waals surface area (Å²) in [7, 11) is 0. The average molecular weight is 416 g/mol. The zero-order valence-electron chi connectivity index (χ0n) is 16.4.